The van der Waals surface area contributed by atoms with Gasteiger partial charge in [-0.15, -0.1) is 0 Å². The van der Waals surface area contributed by atoms with Crippen LogP contribution in [0.2, 0.25) is 0 Å². The predicted octanol–water partition coefficient (Wildman–Crippen LogP) is 1.35. The van der Waals surface area contributed by atoms with Crippen LogP contribution in [0.25, 0.3) is 5.69 Å². The lowest BCUT2D eigenvalue weighted by Crippen LogP contribution is -2.47. The van der Waals surface area contributed by atoms with E-state index in [1.54, 1.807) is 13.2 Å². The van der Waals surface area contributed by atoms with Gasteiger partial charge in [-0.3, -0.25) is 9.80 Å². The molecule has 0 saturated carbocycles. The van der Waals surface area contributed by atoms with E-state index in [-0.39, 0.29) is 11.5 Å². The minimum atomic E-state index is -0.264. The standard InChI is InChI=1S/C20H23FN6O2/c1-29-19-8-7-17(21)13-16(19)14-24-9-11-25(12-10-24)15-26-20(28)27(23-22-26)18-5-3-2-4-6-18/h2-8,13H,9-12,14-15H2,1H3. The smallest absolute Gasteiger partial charge is 0.369 e. The summed E-state index contributed by atoms with van der Waals surface area (Å²) in [4.78, 5) is 17.0. The van der Waals surface area contributed by atoms with E-state index in [1.807, 2.05) is 30.3 Å². The molecule has 4 rings (SSSR count). The normalized spacial score (nSPS) is 15.5. The van der Waals surface area contributed by atoms with Crippen LogP contribution in [0.4, 0.5) is 4.39 Å². The summed E-state index contributed by atoms with van der Waals surface area (Å²) in [7, 11) is 1.59. The minimum absolute atomic E-state index is 0.261. The van der Waals surface area contributed by atoms with Crippen LogP contribution in [-0.2, 0) is 13.2 Å². The average molecular weight is 398 g/mol. The lowest BCUT2D eigenvalue weighted by molar-refractivity contribution is 0.0963. The van der Waals surface area contributed by atoms with Crippen LogP contribution in [0.1, 0.15) is 5.56 Å². The third kappa shape index (κ3) is 4.36. The lowest BCUT2D eigenvalue weighted by Gasteiger charge is -2.34. The molecule has 1 aliphatic heterocycles. The van der Waals surface area contributed by atoms with Crippen molar-refractivity contribution in [3.8, 4) is 11.4 Å². The van der Waals surface area contributed by atoms with Crippen LogP contribution in [0.15, 0.2) is 53.3 Å². The monoisotopic (exact) mass is 398 g/mol. The van der Waals surface area contributed by atoms with E-state index in [2.05, 4.69) is 20.2 Å². The van der Waals surface area contributed by atoms with Crippen molar-refractivity contribution in [2.24, 2.45) is 0 Å². The third-order valence-electron chi connectivity index (χ3n) is 5.08. The number of para-hydroxylation sites is 1. The summed E-state index contributed by atoms with van der Waals surface area (Å²) in [5, 5.41) is 7.99. The van der Waals surface area contributed by atoms with Gasteiger partial charge in [0, 0.05) is 38.3 Å². The molecule has 152 valence electrons. The Kier molecular flexibility index (Phi) is 5.68. The van der Waals surface area contributed by atoms with E-state index in [9.17, 15) is 9.18 Å². The number of nitrogens with zero attached hydrogens (tertiary/aromatic N) is 6. The fourth-order valence-corrected chi connectivity index (χ4v) is 3.48. The molecular formula is C20H23FN6O2. The van der Waals surface area contributed by atoms with E-state index in [1.165, 1.54) is 21.5 Å². The van der Waals surface area contributed by atoms with Crippen molar-refractivity contribution < 1.29 is 9.13 Å². The highest BCUT2D eigenvalue weighted by atomic mass is 19.1. The molecule has 0 N–H and O–H groups in total. The van der Waals surface area contributed by atoms with Gasteiger partial charge in [-0.25, -0.2) is 9.18 Å². The summed E-state index contributed by atoms with van der Waals surface area (Å²) < 4.78 is 21.6. The zero-order valence-electron chi connectivity index (χ0n) is 16.2. The van der Waals surface area contributed by atoms with Gasteiger partial charge in [-0.1, -0.05) is 18.2 Å². The number of piperazine rings is 1. The van der Waals surface area contributed by atoms with Gasteiger partial charge in [0.25, 0.3) is 0 Å². The number of tetrazole rings is 1. The van der Waals surface area contributed by atoms with Gasteiger partial charge in [0.15, 0.2) is 0 Å². The fourth-order valence-electron chi connectivity index (χ4n) is 3.48. The molecule has 1 fully saturated rings. The molecule has 0 atom stereocenters. The summed E-state index contributed by atoms with van der Waals surface area (Å²) in [6, 6.07) is 13.8. The first-order chi connectivity index (χ1) is 14.1. The molecule has 1 saturated heterocycles. The molecule has 0 spiro atoms. The van der Waals surface area contributed by atoms with E-state index in [0.717, 1.165) is 31.7 Å². The second kappa shape index (κ2) is 8.54. The number of rotatable bonds is 6. The molecule has 1 aliphatic rings. The number of methoxy groups -OCH3 is 1. The maximum atomic E-state index is 13.6. The Bertz CT molecular complexity index is 1010. The summed E-state index contributed by atoms with van der Waals surface area (Å²) in [5.74, 6) is 0.429. The van der Waals surface area contributed by atoms with Crippen LogP contribution >= 0.6 is 0 Å². The minimum Gasteiger partial charge on any atom is -0.496 e. The maximum absolute atomic E-state index is 13.6. The Morgan fingerprint density at radius 2 is 1.72 bits per heavy atom. The SMILES string of the molecule is COc1ccc(F)cc1CN1CCN(Cn2nnn(-c3ccccc3)c2=O)CC1. The Morgan fingerprint density at radius 1 is 1.00 bits per heavy atom. The fraction of sp³-hybridized carbons (Fsp3) is 0.350. The average Bonchev–Trinajstić information content (AvgIpc) is 3.10. The number of ether oxygens (including phenoxy) is 1. The summed E-state index contributed by atoms with van der Waals surface area (Å²) in [5.41, 5.74) is 1.27. The highest BCUT2D eigenvalue weighted by molar-refractivity contribution is 5.34. The van der Waals surface area contributed by atoms with Crippen molar-refractivity contribution in [3.05, 3.63) is 70.4 Å². The molecule has 0 unspecified atom stereocenters. The van der Waals surface area contributed by atoms with Crippen LogP contribution in [-0.4, -0.2) is 62.9 Å². The molecule has 0 radical (unpaired) electrons. The van der Waals surface area contributed by atoms with Crippen LogP contribution in [0, 0.1) is 5.82 Å². The molecule has 9 heteroatoms. The Balaban J connectivity index is 1.36. The van der Waals surface area contributed by atoms with Gasteiger partial charge in [-0.2, -0.15) is 9.36 Å². The van der Waals surface area contributed by atoms with Gasteiger partial charge < -0.3 is 4.74 Å². The van der Waals surface area contributed by atoms with E-state index >= 15 is 0 Å². The molecule has 2 heterocycles. The number of hydrogen-bond donors (Lipinski definition) is 0. The molecule has 3 aromatic rings. The van der Waals surface area contributed by atoms with Gasteiger partial charge in [0.2, 0.25) is 0 Å². The molecule has 1 aromatic heterocycles. The van der Waals surface area contributed by atoms with Gasteiger partial charge in [-0.05, 0) is 40.8 Å². The second-order valence-electron chi connectivity index (χ2n) is 7.00. The number of aromatic nitrogens is 4. The highest BCUT2D eigenvalue weighted by Gasteiger charge is 2.20. The molecule has 8 nitrogen and oxygen atoms in total. The van der Waals surface area contributed by atoms with E-state index in [4.69, 9.17) is 4.74 Å². The first-order valence-electron chi connectivity index (χ1n) is 9.49. The predicted molar refractivity (Wildman–Crippen MR) is 105 cm³/mol. The topological polar surface area (TPSA) is 68.4 Å². The van der Waals surface area contributed by atoms with E-state index in [0.29, 0.717) is 24.7 Å². The van der Waals surface area contributed by atoms with Crippen molar-refractivity contribution in [2.45, 2.75) is 13.2 Å². The molecule has 29 heavy (non-hydrogen) atoms. The van der Waals surface area contributed by atoms with E-state index < -0.39 is 0 Å². The lowest BCUT2D eigenvalue weighted by atomic mass is 10.1. The van der Waals surface area contributed by atoms with Crippen molar-refractivity contribution in [2.75, 3.05) is 33.3 Å². The summed E-state index contributed by atoms with van der Waals surface area (Å²) in [6.07, 6.45) is 0. The van der Waals surface area contributed by atoms with Crippen molar-refractivity contribution >= 4 is 0 Å². The molecule has 2 aromatic carbocycles. The largest absolute Gasteiger partial charge is 0.496 e. The number of halogens is 1. The first kappa shape index (κ1) is 19.3. The third-order valence-corrected chi connectivity index (χ3v) is 5.08. The Labute approximate surface area is 167 Å². The van der Waals surface area contributed by atoms with Gasteiger partial charge in [0.1, 0.15) is 18.2 Å². The summed E-state index contributed by atoms with van der Waals surface area (Å²) >= 11 is 0. The van der Waals surface area contributed by atoms with Crippen LogP contribution in [0.3, 0.4) is 0 Å². The van der Waals surface area contributed by atoms with Crippen LogP contribution < -0.4 is 10.4 Å². The molecular weight excluding hydrogens is 375 g/mol. The molecule has 0 aliphatic carbocycles. The van der Waals surface area contributed by atoms with Crippen molar-refractivity contribution in [1.29, 1.82) is 0 Å². The van der Waals surface area contributed by atoms with Crippen molar-refractivity contribution in [3.63, 3.8) is 0 Å². The maximum Gasteiger partial charge on any atom is 0.369 e. The second-order valence-corrected chi connectivity index (χ2v) is 7.00. The Hall–Kier alpha value is -3.04. The van der Waals surface area contributed by atoms with Crippen molar-refractivity contribution in [1.82, 2.24) is 29.6 Å². The molecule has 0 amide bonds. The quantitative estimate of drug-likeness (QED) is 0.625. The number of benzene rings is 2. The Morgan fingerprint density at radius 3 is 2.45 bits per heavy atom. The van der Waals surface area contributed by atoms with Gasteiger partial charge in [0.05, 0.1) is 12.8 Å². The first-order valence-corrected chi connectivity index (χ1v) is 9.49. The zero-order valence-corrected chi connectivity index (χ0v) is 16.2. The molecule has 0 bridgehead atoms. The summed E-state index contributed by atoms with van der Waals surface area (Å²) in [6.45, 7) is 4.19. The van der Waals surface area contributed by atoms with Crippen LogP contribution in [0.5, 0.6) is 5.75 Å². The van der Waals surface area contributed by atoms with Gasteiger partial charge >= 0.3 is 5.69 Å². The zero-order chi connectivity index (χ0) is 20.2. The number of hydrogen-bond acceptors (Lipinski definition) is 6. The highest BCUT2D eigenvalue weighted by Crippen LogP contribution is 2.21.